The number of carbonyl (C=O) groups excluding carboxylic acids is 1. The fraction of sp³-hybridized carbons (Fsp3) is 0.350. The van der Waals surface area contributed by atoms with Gasteiger partial charge in [-0.25, -0.2) is 9.97 Å². The molecule has 0 bridgehead atoms. The van der Waals surface area contributed by atoms with Crippen molar-refractivity contribution in [2.75, 3.05) is 54.8 Å². The lowest BCUT2D eigenvalue weighted by molar-refractivity contribution is -0.119. The molecule has 0 N–H and O–H groups in total. The Labute approximate surface area is 172 Å². The van der Waals surface area contributed by atoms with Crippen LogP contribution in [0.1, 0.15) is 0 Å². The summed E-state index contributed by atoms with van der Waals surface area (Å²) in [6.07, 6.45) is 1.65. The molecule has 1 amide bonds. The molecule has 0 atom stereocenters. The van der Waals surface area contributed by atoms with Crippen LogP contribution in [0.15, 0.2) is 46.9 Å². The monoisotopic (exact) mass is 411 g/mol. The van der Waals surface area contributed by atoms with Gasteiger partial charge < -0.3 is 9.80 Å². The summed E-state index contributed by atoms with van der Waals surface area (Å²) in [7, 11) is 0. The second-order valence-corrected chi connectivity index (χ2v) is 8.99. The van der Waals surface area contributed by atoms with Gasteiger partial charge >= 0.3 is 0 Å². The third-order valence-corrected chi connectivity index (χ3v) is 7.16. The second-order valence-electron chi connectivity index (χ2n) is 6.96. The number of piperazine rings is 1. The lowest BCUT2D eigenvalue weighted by Crippen LogP contribution is -2.51. The number of carbonyl (C=O) groups is 1. The average molecular weight is 412 g/mol. The number of benzene rings is 1. The number of aromatic nitrogens is 2. The Hall–Kier alpha value is -2.16. The molecular weight excluding hydrogens is 390 g/mol. The highest BCUT2D eigenvalue weighted by Gasteiger charge is 2.26. The van der Waals surface area contributed by atoms with E-state index in [1.807, 2.05) is 28.8 Å². The molecule has 144 valence electrons. The molecule has 2 aromatic heterocycles. The van der Waals surface area contributed by atoms with Gasteiger partial charge in [-0.1, -0.05) is 12.1 Å². The summed E-state index contributed by atoms with van der Waals surface area (Å²) in [4.78, 5) is 30.6. The van der Waals surface area contributed by atoms with Gasteiger partial charge in [0.1, 0.15) is 17.0 Å². The van der Waals surface area contributed by atoms with Crippen molar-refractivity contribution in [2.24, 2.45) is 0 Å². The van der Waals surface area contributed by atoms with E-state index in [0.29, 0.717) is 6.54 Å². The minimum absolute atomic E-state index is 0.198. The van der Waals surface area contributed by atoms with Crippen molar-refractivity contribution < 1.29 is 4.79 Å². The molecule has 8 heteroatoms. The number of hydrogen-bond acceptors (Lipinski definition) is 7. The number of thioether (sulfide) groups is 1. The van der Waals surface area contributed by atoms with Crippen LogP contribution < -0.4 is 9.80 Å². The molecule has 6 nitrogen and oxygen atoms in total. The van der Waals surface area contributed by atoms with Gasteiger partial charge in [-0.3, -0.25) is 9.69 Å². The van der Waals surface area contributed by atoms with E-state index in [9.17, 15) is 4.79 Å². The summed E-state index contributed by atoms with van der Waals surface area (Å²) in [6, 6.07) is 10.3. The number of para-hydroxylation sites is 1. The van der Waals surface area contributed by atoms with Crippen LogP contribution in [-0.2, 0) is 4.79 Å². The first kappa shape index (κ1) is 17.9. The standard InChI is InChI=1S/C20H21N5OS2/c26-18(25-10-12-27-17-4-2-1-3-16(17)25)13-23-6-8-24(9-7-23)19-15-5-11-28-20(15)22-14-21-19/h1-5,11,14H,6-10,12-13H2. The van der Waals surface area contributed by atoms with Crippen molar-refractivity contribution in [3.63, 3.8) is 0 Å². The minimum Gasteiger partial charge on any atom is -0.353 e. The van der Waals surface area contributed by atoms with Gasteiger partial charge in [0.15, 0.2) is 0 Å². The smallest absolute Gasteiger partial charge is 0.241 e. The Balaban J connectivity index is 1.23. The van der Waals surface area contributed by atoms with E-state index < -0.39 is 0 Å². The lowest BCUT2D eigenvalue weighted by atomic mass is 10.2. The average Bonchev–Trinajstić information content (AvgIpc) is 3.23. The Kier molecular flexibility index (Phi) is 4.92. The van der Waals surface area contributed by atoms with Crippen LogP contribution in [0, 0.1) is 0 Å². The summed E-state index contributed by atoms with van der Waals surface area (Å²) in [6.45, 7) is 4.75. The zero-order chi connectivity index (χ0) is 18.9. The molecule has 4 heterocycles. The number of nitrogens with zero attached hydrogens (tertiary/aromatic N) is 5. The second kappa shape index (κ2) is 7.69. The number of anilines is 2. The summed E-state index contributed by atoms with van der Waals surface area (Å²) < 4.78 is 0. The maximum absolute atomic E-state index is 13.0. The zero-order valence-corrected chi connectivity index (χ0v) is 17.1. The maximum Gasteiger partial charge on any atom is 0.241 e. The van der Waals surface area contributed by atoms with Gasteiger partial charge in [-0.2, -0.15) is 0 Å². The molecule has 2 aliphatic heterocycles. The van der Waals surface area contributed by atoms with Gasteiger partial charge in [0.05, 0.1) is 17.6 Å². The topological polar surface area (TPSA) is 52.6 Å². The molecule has 0 radical (unpaired) electrons. The molecule has 0 saturated carbocycles. The van der Waals surface area contributed by atoms with Crippen molar-refractivity contribution in [1.82, 2.24) is 14.9 Å². The van der Waals surface area contributed by atoms with Crippen molar-refractivity contribution in [2.45, 2.75) is 4.90 Å². The van der Waals surface area contributed by atoms with Crippen LogP contribution >= 0.6 is 23.1 Å². The molecule has 0 spiro atoms. The maximum atomic E-state index is 13.0. The van der Waals surface area contributed by atoms with E-state index in [1.54, 1.807) is 17.7 Å². The van der Waals surface area contributed by atoms with E-state index in [4.69, 9.17) is 0 Å². The molecule has 0 unspecified atom stereocenters. The normalized spacial score (nSPS) is 17.7. The molecule has 1 saturated heterocycles. The number of hydrogen-bond donors (Lipinski definition) is 0. The predicted octanol–water partition coefficient (Wildman–Crippen LogP) is 2.95. The minimum atomic E-state index is 0.198. The van der Waals surface area contributed by atoms with Gasteiger partial charge in [-0.05, 0) is 23.6 Å². The van der Waals surface area contributed by atoms with E-state index in [2.05, 4.69) is 43.3 Å². The van der Waals surface area contributed by atoms with Crippen molar-refractivity contribution in [3.8, 4) is 0 Å². The number of thiophene rings is 1. The number of fused-ring (bicyclic) bond motifs is 2. The number of rotatable bonds is 3. The lowest BCUT2D eigenvalue weighted by Gasteiger charge is -2.37. The third kappa shape index (κ3) is 3.36. The highest BCUT2D eigenvalue weighted by atomic mass is 32.2. The molecule has 28 heavy (non-hydrogen) atoms. The van der Waals surface area contributed by atoms with E-state index in [-0.39, 0.29) is 5.91 Å². The Morgan fingerprint density at radius 1 is 1.04 bits per heavy atom. The highest BCUT2D eigenvalue weighted by Crippen LogP contribution is 2.34. The molecule has 5 rings (SSSR count). The first-order valence-corrected chi connectivity index (χ1v) is 11.3. The zero-order valence-electron chi connectivity index (χ0n) is 15.5. The van der Waals surface area contributed by atoms with Crippen LogP contribution in [0.25, 0.3) is 10.2 Å². The molecular formula is C20H21N5OS2. The predicted molar refractivity (Wildman–Crippen MR) is 116 cm³/mol. The molecule has 1 fully saturated rings. The largest absolute Gasteiger partial charge is 0.353 e. The van der Waals surface area contributed by atoms with Crippen LogP contribution in [-0.4, -0.2) is 65.8 Å². The molecule has 1 aromatic carbocycles. The fourth-order valence-electron chi connectivity index (χ4n) is 3.85. The third-order valence-electron chi connectivity index (χ3n) is 5.30. The van der Waals surface area contributed by atoms with Gasteiger partial charge in [0.25, 0.3) is 0 Å². The first-order chi connectivity index (χ1) is 13.8. The fourth-order valence-corrected chi connectivity index (χ4v) is 5.57. The van der Waals surface area contributed by atoms with Crippen LogP contribution in [0.3, 0.4) is 0 Å². The highest BCUT2D eigenvalue weighted by molar-refractivity contribution is 7.99. The van der Waals surface area contributed by atoms with Crippen molar-refractivity contribution in [1.29, 1.82) is 0 Å². The SMILES string of the molecule is O=C(CN1CCN(c2ncnc3sccc23)CC1)N1CCSc2ccccc21. The van der Waals surface area contributed by atoms with Crippen LogP contribution in [0.4, 0.5) is 11.5 Å². The summed E-state index contributed by atoms with van der Waals surface area (Å²) in [5.74, 6) is 2.17. The summed E-state index contributed by atoms with van der Waals surface area (Å²) >= 11 is 3.47. The molecule has 2 aliphatic rings. The number of amides is 1. The Morgan fingerprint density at radius 2 is 1.89 bits per heavy atom. The Morgan fingerprint density at radius 3 is 2.79 bits per heavy atom. The van der Waals surface area contributed by atoms with Gasteiger partial charge in [-0.15, -0.1) is 23.1 Å². The summed E-state index contributed by atoms with van der Waals surface area (Å²) in [5.41, 5.74) is 1.06. The summed E-state index contributed by atoms with van der Waals surface area (Å²) in [5, 5.41) is 3.19. The quantitative estimate of drug-likeness (QED) is 0.661. The van der Waals surface area contributed by atoms with Crippen LogP contribution in [0.5, 0.6) is 0 Å². The first-order valence-electron chi connectivity index (χ1n) is 9.47. The van der Waals surface area contributed by atoms with Crippen molar-refractivity contribution >= 4 is 50.7 Å². The van der Waals surface area contributed by atoms with E-state index >= 15 is 0 Å². The van der Waals surface area contributed by atoms with E-state index in [1.165, 1.54) is 4.90 Å². The van der Waals surface area contributed by atoms with Gasteiger partial charge in [0.2, 0.25) is 5.91 Å². The van der Waals surface area contributed by atoms with Crippen LogP contribution in [0.2, 0.25) is 0 Å². The molecule has 0 aliphatic carbocycles. The molecule has 3 aromatic rings. The van der Waals surface area contributed by atoms with E-state index in [0.717, 1.165) is 60.2 Å². The Bertz CT molecular complexity index is 999. The van der Waals surface area contributed by atoms with Crippen molar-refractivity contribution in [3.05, 3.63) is 42.0 Å². The van der Waals surface area contributed by atoms with Gasteiger partial charge in [0, 0.05) is 43.4 Å².